The number of hydrogen-bond donors (Lipinski definition) is 2. The third-order valence-electron chi connectivity index (χ3n) is 7.21. The first-order valence-electron chi connectivity index (χ1n) is 13.3. The maximum atomic E-state index is 15.3. The van der Waals surface area contributed by atoms with E-state index in [1.165, 1.54) is 6.07 Å². The number of carboxylic acid groups (broad SMARTS) is 1. The molecule has 206 valence electrons. The van der Waals surface area contributed by atoms with Crippen LogP contribution in [-0.2, 0) is 6.42 Å². The summed E-state index contributed by atoms with van der Waals surface area (Å²) in [5, 5.41) is 20.6. The molecule has 1 aliphatic heterocycles. The molecular weight excluding hydrogens is 511 g/mol. The van der Waals surface area contributed by atoms with Crippen molar-refractivity contribution in [2.24, 2.45) is 5.92 Å². The number of nitrogens with zero attached hydrogens (tertiary/aromatic N) is 5. The minimum atomic E-state index is -1.15. The van der Waals surface area contributed by atoms with E-state index >= 15 is 4.39 Å². The van der Waals surface area contributed by atoms with E-state index in [4.69, 9.17) is 14.8 Å². The van der Waals surface area contributed by atoms with Crippen LogP contribution in [0, 0.1) is 23.1 Å². The Balaban J connectivity index is 1.57. The highest BCUT2D eigenvalue weighted by Gasteiger charge is 2.23. The van der Waals surface area contributed by atoms with Gasteiger partial charge in [0, 0.05) is 36.5 Å². The zero-order valence-corrected chi connectivity index (χ0v) is 22.5. The highest BCUT2D eigenvalue weighted by atomic mass is 19.1. The Kier molecular flexibility index (Phi) is 7.94. The Morgan fingerprint density at radius 2 is 2.05 bits per heavy atom. The summed E-state index contributed by atoms with van der Waals surface area (Å²) < 4.78 is 23.4. The Morgan fingerprint density at radius 1 is 1.27 bits per heavy atom. The molecule has 40 heavy (non-hydrogen) atoms. The fourth-order valence-corrected chi connectivity index (χ4v) is 5.29. The molecule has 5 rings (SSSR count). The molecule has 1 unspecified atom stereocenters. The zero-order chi connectivity index (χ0) is 28.2. The SMILES string of the molecule is CC(Cc1ccc(-c2c(-c3ccc(C#N)cc3)nc(OC[C@@H]3CCCN(C)C3)n3ccnc23)cc1F)NC(=O)O. The number of hydrogen-bond acceptors (Lipinski definition) is 6. The number of benzene rings is 2. The predicted octanol–water partition coefficient (Wildman–Crippen LogP) is 4.99. The first-order valence-corrected chi connectivity index (χ1v) is 13.3. The maximum Gasteiger partial charge on any atom is 0.404 e. The smallest absolute Gasteiger partial charge is 0.404 e. The van der Waals surface area contributed by atoms with Crippen LogP contribution in [0.1, 0.15) is 30.9 Å². The number of piperidine rings is 1. The van der Waals surface area contributed by atoms with Crippen molar-refractivity contribution in [3.05, 3.63) is 71.8 Å². The van der Waals surface area contributed by atoms with Gasteiger partial charge >= 0.3 is 12.1 Å². The number of imidazole rings is 1. The predicted molar refractivity (Wildman–Crippen MR) is 149 cm³/mol. The van der Waals surface area contributed by atoms with E-state index < -0.39 is 18.0 Å². The lowest BCUT2D eigenvalue weighted by Crippen LogP contribution is -2.35. The van der Waals surface area contributed by atoms with E-state index in [-0.39, 0.29) is 6.42 Å². The second-order valence-corrected chi connectivity index (χ2v) is 10.4. The molecule has 2 aromatic heterocycles. The quantitative estimate of drug-likeness (QED) is 0.322. The molecule has 3 heterocycles. The number of carbonyl (C=O) groups is 1. The molecule has 2 N–H and O–H groups in total. The van der Waals surface area contributed by atoms with Gasteiger partial charge in [-0.05, 0) is 69.1 Å². The van der Waals surface area contributed by atoms with Crippen LogP contribution in [0.5, 0.6) is 6.01 Å². The van der Waals surface area contributed by atoms with Crippen molar-refractivity contribution in [2.75, 3.05) is 26.7 Å². The van der Waals surface area contributed by atoms with E-state index in [1.54, 1.807) is 48.0 Å². The number of halogens is 1. The lowest BCUT2D eigenvalue weighted by molar-refractivity contribution is 0.143. The molecule has 9 nitrogen and oxygen atoms in total. The van der Waals surface area contributed by atoms with E-state index in [2.05, 4.69) is 28.3 Å². The van der Waals surface area contributed by atoms with Gasteiger partial charge in [-0.3, -0.25) is 4.40 Å². The van der Waals surface area contributed by atoms with Crippen LogP contribution in [0.4, 0.5) is 9.18 Å². The molecular formula is C30H31FN6O3. The molecule has 0 saturated carbocycles. The molecule has 1 saturated heterocycles. The van der Waals surface area contributed by atoms with E-state index in [9.17, 15) is 10.1 Å². The Labute approximate surface area is 231 Å². The van der Waals surface area contributed by atoms with E-state index in [1.807, 2.05) is 12.1 Å². The molecule has 2 atom stereocenters. The van der Waals surface area contributed by atoms with Crippen molar-refractivity contribution < 1.29 is 19.0 Å². The lowest BCUT2D eigenvalue weighted by atomic mass is 9.97. The second kappa shape index (κ2) is 11.7. The highest BCUT2D eigenvalue weighted by molar-refractivity contribution is 5.90. The van der Waals surface area contributed by atoms with Gasteiger partial charge in [-0.1, -0.05) is 24.3 Å². The largest absolute Gasteiger partial charge is 0.465 e. The van der Waals surface area contributed by atoms with E-state index in [0.717, 1.165) is 31.5 Å². The molecule has 0 radical (unpaired) electrons. The summed E-state index contributed by atoms with van der Waals surface area (Å²) in [6.07, 6.45) is 4.71. The van der Waals surface area contributed by atoms with Crippen LogP contribution in [0.25, 0.3) is 28.0 Å². The number of fused-ring (bicyclic) bond motifs is 1. The number of likely N-dealkylation sites (tertiary alicyclic amines) is 1. The Morgan fingerprint density at radius 3 is 2.75 bits per heavy atom. The first kappa shape index (κ1) is 27.1. The molecule has 0 bridgehead atoms. The number of ether oxygens (including phenoxy) is 1. The molecule has 1 fully saturated rings. The second-order valence-electron chi connectivity index (χ2n) is 10.4. The summed E-state index contributed by atoms with van der Waals surface area (Å²) >= 11 is 0. The van der Waals surface area contributed by atoms with Crippen molar-refractivity contribution in [2.45, 2.75) is 32.2 Å². The van der Waals surface area contributed by atoms with Gasteiger partial charge in [0.05, 0.1) is 29.5 Å². The topological polar surface area (TPSA) is 116 Å². The van der Waals surface area contributed by atoms with Crippen LogP contribution in [-0.4, -0.2) is 63.3 Å². The number of aromatic nitrogens is 3. The molecule has 2 aromatic carbocycles. The minimum Gasteiger partial charge on any atom is -0.465 e. The van der Waals surface area contributed by atoms with Gasteiger partial charge in [0.1, 0.15) is 5.82 Å². The van der Waals surface area contributed by atoms with Crippen LogP contribution < -0.4 is 10.1 Å². The summed E-state index contributed by atoms with van der Waals surface area (Å²) in [7, 11) is 2.12. The molecule has 0 aliphatic carbocycles. The van der Waals surface area contributed by atoms with Crippen molar-refractivity contribution in [3.8, 4) is 34.5 Å². The van der Waals surface area contributed by atoms with Crippen LogP contribution >= 0.6 is 0 Å². The van der Waals surface area contributed by atoms with Crippen LogP contribution in [0.3, 0.4) is 0 Å². The van der Waals surface area contributed by atoms with Crippen molar-refractivity contribution in [1.82, 2.24) is 24.6 Å². The molecule has 1 aliphatic rings. The van der Waals surface area contributed by atoms with Gasteiger partial charge < -0.3 is 20.1 Å². The fourth-order valence-electron chi connectivity index (χ4n) is 5.29. The average Bonchev–Trinajstić information content (AvgIpc) is 3.42. The van der Waals surface area contributed by atoms with Gasteiger partial charge in [-0.15, -0.1) is 0 Å². The van der Waals surface area contributed by atoms with E-state index in [0.29, 0.717) is 52.1 Å². The number of nitrogens with one attached hydrogen (secondary N) is 1. The first-order chi connectivity index (χ1) is 19.3. The summed E-state index contributed by atoms with van der Waals surface area (Å²) in [5.74, 6) is -0.0643. The maximum absolute atomic E-state index is 15.3. The van der Waals surface area contributed by atoms with Crippen molar-refractivity contribution in [1.29, 1.82) is 5.26 Å². The fraction of sp³-hybridized carbons (Fsp3) is 0.333. The third-order valence-corrected chi connectivity index (χ3v) is 7.21. The van der Waals surface area contributed by atoms with Gasteiger partial charge in [0.2, 0.25) is 0 Å². The normalized spacial score (nSPS) is 16.4. The summed E-state index contributed by atoms with van der Waals surface area (Å²) in [6, 6.07) is 14.0. The van der Waals surface area contributed by atoms with Gasteiger partial charge in [-0.25, -0.2) is 14.2 Å². The summed E-state index contributed by atoms with van der Waals surface area (Å²) in [5.41, 5.74) is 3.99. The minimum absolute atomic E-state index is 0.209. The average molecular weight is 543 g/mol. The summed E-state index contributed by atoms with van der Waals surface area (Å²) in [6.45, 7) is 4.25. The number of rotatable bonds is 8. The molecule has 4 aromatic rings. The monoisotopic (exact) mass is 542 g/mol. The Bertz CT molecular complexity index is 1560. The lowest BCUT2D eigenvalue weighted by Gasteiger charge is -2.29. The zero-order valence-electron chi connectivity index (χ0n) is 22.5. The van der Waals surface area contributed by atoms with Gasteiger partial charge in [0.25, 0.3) is 0 Å². The van der Waals surface area contributed by atoms with Crippen LogP contribution in [0.2, 0.25) is 0 Å². The van der Waals surface area contributed by atoms with Crippen molar-refractivity contribution in [3.63, 3.8) is 0 Å². The standard InChI is InChI=1S/C30H31FN6O3/c1-19(34-30(38)39)14-23-9-10-24(15-25(23)31)26-27(22-7-5-20(16-32)6-8-22)35-29(37-13-11-33-28(26)37)40-18-21-4-3-12-36(2)17-21/h5-11,13,15,19,21,34H,3-4,12,14,17-18H2,1-2H3,(H,38,39)/t19?,21-/m1/s1. The van der Waals surface area contributed by atoms with Crippen molar-refractivity contribution >= 4 is 11.7 Å². The summed E-state index contributed by atoms with van der Waals surface area (Å²) in [4.78, 5) is 22.8. The molecule has 1 amide bonds. The number of nitriles is 1. The molecule has 10 heteroatoms. The van der Waals surface area contributed by atoms with Gasteiger partial charge in [0.15, 0.2) is 5.65 Å². The number of amides is 1. The third kappa shape index (κ3) is 5.90. The van der Waals surface area contributed by atoms with Crippen LogP contribution in [0.15, 0.2) is 54.9 Å². The molecule has 0 spiro atoms. The Hall–Kier alpha value is -4.49. The van der Waals surface area contributed by atoms with Gasteiger partial charge in [-0.2, -0.15) is 10.2 Å². The highest BCUT2D eigenvalue weighted by Crippen LogP contribution is 2.37.